The molecule has 12 heteroatoms. The number of allylic oxidation sites excluding steroid dienone is 2. The third kappa shape index (κ3) is 3.75. The van der Waals surface area contributed by atoms with E-state index in [0.29, 0.717) is 11.3 Å². The number of nitrogens with one attached hydrogen (secondary N) is 1. The summed E-state index contributed by atoms with van der Waals surface area (Å²) < 4.78 is 43.6. The number of carbonyl (C=O) groups excluding carboxylic acids is 3. The highest BCUT2D eigenvalue weighted by Crippen LogP contribution is 2.54. The number of likely N-dealkylation sites (tertiary alicyclic amines) is 1. The van der Waals surface area contributed by atoms with Crippen molar-refractivity contribution >= 4 is 34.2 Å². The van der Waals surface area contributed by atoms with Crippen molar-refractivity contribution in [2.45, 2.75) is 25.1 Å². The quantitative estimate of drug-likeness (QED) is 0.490. The number of imide groups is 1. The van der Waals surface area contributed by atoms with Crippen molar-refractivity contribution in [1.82, 2.24) is 15.1 Å². The Kier molecular flexibility index (Phi) is 5.42. The third-order valence-corrected chi connectivity index (χ3v) is 7.49. The maximum atomic E-state index is 13.3. The predicted octanol–water partition coefficient (Wildman–Crippen LogP) is 3.44. The summed E-state index contributed by atoms with van der Waals surface area (Å²) in [5, 5.41) is 7.23. The van der Waals surface area contributed by atoms with Crippen LogP contribution in [0, 0.1) is 23.7 Å². The predicted molar refractivity (Wildman–Crippen MR) is 113 cm³/mol. The van der Waals surface area contributed by atoms with E-state index in [9.17, 15) is 27.6 Å². The third-order valence-electron chi connectivity index (χ3n) is 6.61. The smallest absolute Gasteiger partial charge is 0.445 e. The van der Waals surface area contributed by atoms with Gasteiger partial charge in [0.05, 0.1) is 31.4 Å². The summed E-state index contributed by atoms with van der Waals surface area (Å²) in [6.45, 7) is 0. The number of methoxy groups -OCH3 is 1. The summed E-state index contributed by atoms with van der Waals surface area (Å²) in [7, 11) is 1.49. The molecule has 1 aromatic carbocycles. The number of nitrogens with zero attached hydrogens (tertiary/aromatic N) is 3. The second kappa shape index (κ2) is 8.19. The Morgan fingerprint density at radius 3 is 2.29 bits per heavy atom. The van der Waals surface area contributed by atoms with Gasteiger partial charge in [0.15, 0.2) is 0 Å². The Morgan fingerprint density at radius 1 is 1.15 bits per heavy atom. The van der Waals surface area contributed by atoms with Gasteiger partial charge in [0, 0.05) is 0 Å². The van der Waals surface area contributed by atoms with Crippen LogP contribution in [0.3, 0.4) is 0 Å². The van der Waals surface area contributed by atoms with Crippen LogP contribution in [-0.4, -0.2) is 39.9 Å². The first-order chi connectivity index (χ1) is 16.2. The van der Waals surface area contributed by atoms with Crippen LogP contribution in [0.25, 0.3) is 0 Å². The topological polar surface area (TPSA) is 101 Å². The molecule has 1 saturated heterocycles. The number of alkyl halides is 3. The Balaban J connectivity index is 1.41. The first-order valence-corrected chi connectivity index (χ1v) is 11.4. The molecule has 2 fully saturated rings. The maximum Gasteiger partial charge on any atom is 0.445 e. The molecule has 2 aromatic rings. The van der Waals surface area contributed by atoms with E-state index in [4.69, 9.17) is 4.74 Å². The summed E-state index contributed by atoms with van der Waals surface area (Å²) in [4.78, 5) is 40.6. The molecule has 1 saturated carbocycles. The molecule has 3 aliphatic rings. The summed E-state index contributed by atoms with van der Waals surface area (Å²) in [5.74, 6) is -1.66. The first kappa shape index (κ1) is 22.5. The zero-order chi connectivity index (χ0) is 24.2. The van der Waals surface area contributed by atoms with E-state index >= 15 is 0 Å². The van der Waals surface area contributed by atoms with Gasteiger partial charge in [-0.1, -0.05) is 35.6 Å². The van der Waals surface area contributed by atoms with Crippen LogP contribution in [0.15, 0.2) is 36.4 Å². The lowest BCUT2D eigenvalue weighted by Gasteiger charge is -2.28. The van der Waals surface area contributed by atoms with E-state index in [0.717, 1.165) is 11.3 Å². The van der Waals surface area contributed by atoms with Crippen LogP contribution in [-0.2, 0) is 20.6 Å². The number of ether oxygens (including phenoxy) is 1. The van der Waals surface area contributed by atoms with Crippen LogP contribution in [0.1, 0.15) is 29.5 Å². The van der Waals surface area contributed by atoms with Gasteiger partial charge < -0.3 is 10.1 Å². The van der Waals surface area contributed by atoms with Crippen molar-refractivity contribution in [2.75, 3.05) is 12.4 Å². The number of halogens is 3. The largest absolute Gasteiger partial charge is 0.497 e. The van der Waals surface area contributed by atoms with Crippen molar-refractivity contribution in [3.8, 4) is 5.75 Å². The number of fused-ring (bicyclic) bond motifs is 5. The van der Waals surface area contributed by atoms with Gasteiger partial charge in [0.2, 0.25) is 27.9 Å². The number of rotatable bonds is 6. The van der Waals surface area contributed by atoms with Gasteiger partial charge in [0.25, 0.3) is 0 Å². The Hall–Kier alpha value is -3.28. The van der Waals surface area contributed by atoms with Crippen molar-refractivity contribution in [3.63, 3.8) is 0 Å². The molecule has 3 amide bonds. The standard InChI is InChI=1S/C22H19F3N4O4S/c1-33-13-6-4-10(5-7-13)14(9-15(30)26-21-28-27-20(34-21)22(23,24)25)29-18(31)16-11-2-3-12(8-11)17(16)19(29)32/h2-7,11-12,14,16-17H,8-9H2,1H3,(H,26,28,30). The second-order valence-electron chi connectivity index (χ2n) is 8.50. The lowest BCUT2D eigenvalue weighted by molar-refractivity contribution is -0.144. The zero-order valence-electron chi connectivity index (χ0n) is 17.8. The van der Waals surface area contributed by atoms with Crippen LogP contribution in [0.5, 0.6) is 5.75 Å². The van der Waals surface area contributed by atoms with Gasteiger partial charge in [-0.2, -0.15) is 13.2 Å². The summed E-state index contributed by atoms with van der Waals surface area (Å²) in [6, 6.07) is 5.69. The molecule has 1 aromatic heterocycles. The van der Waals surface area contributed by atoms with E-state index in [2.05, 4.69) is 15.5 Å². The highest BCUT2D eigenvalue weighted by Gasteiger charge is 2.60. The van der Waals surface area contributed by atoms with E-state index < -0.39 is 35.0 Å². The molecule has 5 unspecified atom stereocenters. The minimum atomic E-state index is -4.67. The van der Waals surface area contributed by atoms with E-state index in [1.165, 1.54) is 7.11 Å². The number of aromatic nitrogens is 2. The molecule has 1 N–H and O–H groups in total. The highest BCUT2D eigenvalue weighted by molar-refractivity contribution is 7.15. The summed E-state index contributed by atoms with van der Waals surface area (Å²) >= 11 is 0.200. The average molecular weight is 492 g/mol. The molecule has 2 bridgehead atoms. The molecule has 34 heavy (non-hydrogen) atoms. The SMILES string of the molecule is COc1ccc(C(CC(=O)Nc2nnc(C(F)(F)F)s2)N2C(=O)C3C4C=CC(C4)C3C2=O)cc1. The fourth-order valence-electron chi connectivity index (χ4n) is 5.15. The lowest BCUT2D eigenvalue weighted by Crippen LogP contribution is -2.38. The maximum absolute atomic E-state index is 13.3. The molecule has 0 radical (unpaired) electrons. The number of amides is 3. The Bertz CT molecular complexity index is 1150. The van der Waals surface area contributed by atoms with Crippen LogP contribution in [0.4, 0.5) is 18.3 Å². The summed E-state index contributed by atoms with van der Waals surface area (Å²) in [5.41, 5.74) is 0.533. The normalized spacial score (nSPS) is 26.2. The number of benzene rings is 1. The van der Waals surface area contributed by atoms with Gasteiger partial charge >= 0.3 is 6.18 Å². The minimum Gasteiger partial charge on any atom is -0.497 e. The second-order valence-corrected chi connectivity index (χ2v) is 9.48. The lowest BCUT2D eigenvalue weighted by atomic mass is 9.85. The molecule has 2 aliphatic carbocycles. The molecule has 5 atom stereocenters. The average Bonchev–Trinajstić information content (AvgIpc) is 3.57. The number of hydrogen-bond donors (Lipinski definition) is 1. The first-order valence-electron chi connectivity index (χ1n) is 10.6. The molecule has 5 rings (SSSR count). The zero-order valence-corrected chi connectivity index (χ0v) is 18.6. The van der Waals surface area contributed by atoms with Crippen LogP contribution < -0.4 is 10.1 Å². The Labute approximate surface area is 195 Å². The Morgan fingerprint density at radius 2 is 1.76 bits per heavy atom. The molecule has 1 aliphatic heterocycles. The minimum absolute atomic E-state index is 0.00368. The molecular formula is C22H19F3N4O4S. The van der Waals surface area contributed by atoms with Crippen molar-refractivity contribution in [1.29, 1.82) is 0 Å². The van der Waals surface area contributed by atoms with E-state index in [-0.39, 0.29) is 46.5 Å². The molecule has 0 spiro atoms. The molecule has 8 nitrogen and oxygen atoms in total. The van der Waals surface area contributed by atoms with Crippen LogP contribution >= 0.6 is 11.3 Å². The van der Waals surface area contributed by atoms with Gasteiger partial charge in [-0.15, -0.1) is 10.2 Å². The molecule has 2 heterocycles. The molecule has 178 valence electrons. The van der Waals surface area contributed by atoms with Gasteiger partial charge in [-0.05, 0) is 36.0 Å². The van der Waals surface area contributed by atoms with Gasteiger partial charge in [-0.3, -0.25) is 19.3 Å². The fourth-order valence-corrected chi connectivity index (χ4v) is 5.78. The van der Waals surface area contributed by atoms with Crippen molar-refractivity contribution in [3.05, 3.63) is 47.0 Å². The molecular weight excluding hydrogens is 473 g/mol. The highest BCUT2D eigenvalue weighted by atomic mass is 32.1. The fraction of sp³-hybridized carbons (Fsp3) is 0.409. The van der Waals surface area contributed by atoms with E-state index in [1.807, 2.05) is 12.2 Å². The van der Waals surface area contributed by atoms with Gasteiger partial charge in [0.1, 0.15) is 5.75 Å². The number of carbonyl (C=O) groups is 3. The van der Waals surface area contributed by atoms with E-state index in [1.54, 1.807) is 24.3 Å². The van der Waals surface area contributed by atoms with Gasteiger partial charge in [-0.25, -0.2) is 0 Å². The number of anilines is 1. The van der Waals surface area contributed by atoms with Crippen LogP contribution in [0.2, 0.25) is 0 Å². The monoisotopic (exact) mass is 492 g/mol. The van der Waals surface area contributed by atoms with Crippen molar-refractivity contribution < 1.29 is 32.3 Å². The summed E-state index contributed by atoms with van der Waals surface area (Å²) in [6.07, 6.45) is -0.293. The van der Waals surface area contributed by atoms with Crippen molar-refractivity contribution in [2.24, 2.45) is 23.7 Å². The number of hydrogen-bond acceptors (Lipinski definition) is 7.